The molecule has 2 atom stereocenters. The molecule has 2 fully saturated rings. The third kappa shape index (κ3) is 3.67. The van der Waals surface area contributed by atoms with Gasteiger partial charge >= 0.3 is 0 Å². The van der Waals surface area contributed by atoms with Gasteiger partial charge in [0.05, 0.1) is 25.1 Å². The van der Waals surface area contributed by atoms with Gasteiger partial charge in [0.2, 0.25) is 0 Å². The summed E-state index contributed by atoms with van der Waals surface area (Å²) < 4.78 is 13.7. The number of aromatic nitrogens is 2. The minimum Gasteiger partial charge on any atom is -0.468 e. The number of hydrogen-bond acceptors (Lipinski definition) is 4. The second kappa shape index (κ2) is 6.49. The first-order valence-electron chi connectivity index (χ1n) is 8.63. The molecule has 0 N–H and O–H groups in total. The van der Waals surface area contributed by atoms with Crippen LogP contribution in [0.4, 0.5) is 0 Å². The summed E-state index contributed by atoms with van der Waals surface area (Å²) in [5.74, 6) is 1.84. The fourth-order valence-electron chi connectivity index (χ4n) is 3.50. The van der Waals surface area contributed by atoms with Crippen molar-refractivity contribution in [3.8, 4) is 0 Å². The lowest BCUT2D eigenvalue weighted by Gasteiger charge is -2.27. The summed E-state index contributed by atoms with van der Waals surface area (Å²) in [7, 11) is 1.97. The van der Waals surface area contributed by atoms with Crippen LogP contribution in [0.3, 0.4) is 0 Å². The van der Waals surface area contributed by atoms with Gasteiger partial charge in [0, 0.05) is 32.4 Å². The Kier molecular flexibility index (Phi) is 4.23. The maximum absolute atomic E-state index is 6.27. The zero-order valence-corrected chi connectivity index (χ0v) is 13.7. The van der Waals surface area contributed by atoms with E-state index in [-0.39, 0.29) is 0 Å². The molecule has 0 amide bonds. The second-order valence-corrected chi connectivity index (χ2v) is 6.95. The van der Waals surface area contributed by atoms with Gasteiger partial charge in [-0.05, 0) is 49.3 Å². The molecule has 0 bridgehead atoms. The molecule has 3 heterocycles. The van der Waals surface area contributed by atoms with Crippen LogP contribution in [0.5, 0.6) is 0 Å². The van der Waals surface area contributed by atoms with Crippen molar-refractivity contribution < 1.29 is 9.15 Å². The molecule has 4 rings (SSSR count). The third-order valence-electron chi connectivity index (χ3n) is 4.98. The summed E-state index contributed by atoms with van der Waals surface area (Å²) in [6, 6.07) is 4.42. The monoisotopic (exact) mass is 315 g/mol. The van der Waals surface area contributed by atoms with Crippen molar-refractivity contribution >= 4 is 0 Å². The van der Waals surface area contributed by atoms with Crippen LogP contribution in [0.15, 0.2) is 35.2 Å². The number of furan rings is 1. The van der Waals surface area contributed by atoms with Gasteiger partial charge in [-0.1, -0.05) is 0 Å². The van der Waals surface area contributed by atoms with E-state index in [1.54, 1.807) is 6.26 Å². The number of ether oxygens (including phenoxy) is 1. The van der Waals surface area contributed by atoms with Gasteiger partial charge in [0.25, 0.3) is 0 Å². The molecule has 0 spiro atoms. The predicted octanol–water partition coefficient (Wildman–Crippen LogP) is 2.63. The van der Waals surface area contributed by atoms with Crippen LogP contribution in [-0.2, 0) is 24.8 Å². The minimum absolute atomic E-state index is 0.325. The SMILES string of the molecule is Cn1cc(C[C@H]2[C@H](OCC3CC3)CCN2Cc2ccco2)cn1. The molecule has 0 unspecified atom stereocenters. The molecule has 0 radical (unpaired) electrons. The molecule has 1 saturated carbocycles. The van der Waals surface area contributed by atoms with E-state index in [1.807, 2.05) is 24.0 Å². The summed E-state index contributed by atoms with van der Waals surface area (Å²) in [5, 5.41) is 4.31. The fourth-order valence-corrected chi connectivity index (χ4v) is 3.50. The van der Waals surface area contributed by atoms with Gasteiger partial charge in [0.1, 0.15) is 5.76 Å². The van der Waals surface area contributed by atoms with E-state index in [0.29, 0.717) is 12.1 Å². The van der Waals surface area contributed by atoms with E-state index in [4.69, 9.17) is 9.15 Å². The van der Waals surface area contributed by atoms with Crippen LogP contribution in [0, 0.1) is 5.92 Å². The van der Waals surface area contributed by atoms with E-state index in [1.165, 1.54) is 18.4 Å². The molecule has 2 aliphatic rings. The number of rotatable bonds is 7. The van der Waals surface area contributed by atoms with Crippen LogP contribution in [0.25, 0.3) is 0 Å². The van der Waals surface area contributed by atoms with Crippen molar-refractivity contribution in [2.24, 2.45) is 13.0 Å². The van der Waals surface area contributed by atoms with Crippen molar-refractivity contribution in [3.63, 3.8) is 0 Å². The topological polar surface area (TPSA) is 43.4 Å². The van der Waals surface area contributed by atoms with Crippen molar-refractivity contribution in [1.29, 1.82) is 0 Å². The summed E-state index contributed by atoms with van der Waals surface area (Å²) in [4.78, 5) is 2.50. The Labute approximate surface area is 137 Å². The summed E-state index contributed by atoms with van der Waals surface area (Å²) in [6.07, 6.45) is 10.9. The lowest BCUT2D eigenvalue weighted by atomic mass is 10.0. The quantitative estimate of drug-likeness (QED) is 0.788. The van der Waals surface area contributed by atoms with Gasteiger partial charge in [0.15, 0.2) is 0 Å². The standard InChI is InChI=1S/C18H25N3O2/c1-20-11-15(10-19-20)9-17-18(23-13-14-4-5-14)6-7-21(17)12-16-3-2-8-22-16/h2-3,8,10-11,14,17-18H,4-7,9,12-13H2,1H3/t17-,18+/m0/s1. The number of aryl methyl sites for hydroxylation is 1. The predicted molar refractivity (Wildman–Crippen MR) is 86.9 cm³/mol. The first-order chi connectivity index (χ1) is 11.3. The Balaban J connectivity index is 1.45. The van der Waals surface area contributed by atoms with E-state index in [9.17, 15) is 0 Å². The van der Waals surface area contributed by atoms with Gasteiger partial charge in [-0.2, -0.15) is 5.10 Å². The molecule has 1 aliphatic carbocycles. The summed E-state index contributed by atoms with van der Waals surface area (Å²) in [6.45, 7) is 2.87. The normalized spacial score (nSPS) is 25.3. The van der Waals surface area contributed by atoms with Crippen LogP contribution in [0.1, 0.15) is 30.6 Å². The zero-order valence-electron chi connectivity index (χ0n) is 13.7. The second-order valence-electron chi connectivity index (χ2n) is 6.95. The summed E-state index contributed by atoms with van der Waals surface area (Å²) >= 11 is 0. The van der Waals surface area contributed by atoms with Crippen molar-refractivity contribution in [3.05, 3.63) is 42.1 Å². The van der Waals surface area contributed by atoms with E-state index >= 15 is 0 Å². The average molecular weight is 315 g/mol. The molecule has 2 aromatic rings. The molecular formula is C18H25N3O2. The number of hydrogen-bond donors (Lipinski definition) is 0. The highest BCUT2D eigenvalue weighted by atomic mass is 16.5. The number of likely N-dealkylation sites (tertiary alicyclic amines) is 1. The molecular weight excluding hydrogens is 290 g/mol. The van der Waals surface area contributed by atoms with Crippen LogP contribution < -0.4 is 0 Å². The average Bonchev–Trinajstić information content (AvgIpc) is 2.92. The Morgan fingerprint density at radius 1 is 1.35 bits per heavy atom. The Hall–Kier alpha value is -1.59. The Bertz CT molecular complexity index is 618. The van der Waals surface area contributed by atoms with Crippen molar-refractivity contribution in [1.82, 2.24) is 14.7 Å². The Morgan fingerprint density at radius 2 is 2.26 bits per heavy atom. The van der Waals surface area contributed by atoms with Crippen molar-refractivity contribution in [2.75, 3.05) is 13.2 Å². The van der Waals surface area contributed by atoms with Crippen LogP contribution in [-0.4, -0.2) is 40.0 Å². The number of nitrogens with zero attached hydrogens (tertiary/aromatic N) is 3. The fraction of sp³-hybridized carbons (Fsp3) is 0.611. The molecule has 5 heteroatoms. The smallest absolute Gasteiger partial charge is 0.117 e. The van der Waals surface area contributed by atoms with Gasteiger partial charge in [-0.25, -0.2) is 0 Å². The van der Waals surface area contributed by atoms with Gasteiger partial charge < -0.3 is 9.15 Å². The molecule has 1 aliphatic heterocycles. The van der Waals surface area contributed by atoms with Crippen LogP contribution >= 0.6 is 0 Å². The highest BCUT2D eigenvalue weighted by Crippen LogP contribution is 2.32. The lowest BCUT2D eigenvalue weighted by molar-refractivity contribution is 0.0187. The maximum atomic E-state index is 6.27. The van der Waals surface area contributed by atoms with Crippen molar-refractivity contribution in [2.45, 2.75) is 44.4 Å². The maximum Gasteiger partial charge on any atom is 0.117 e. The van der Waals surface area contributed by atoms with E-state index < -0.39 is 0 Å². The molecule has 124 valence electrons. The zero-order chi connectivity index (χ0) is 15.6. The molecule has 0 aromatic carbocycles. The molecule has 1 saturated heterocycles. The van der Waals surface area contributed by atoms with E-state index in [2.05, 4.69) is 22.3 Å². The minimum atomic E-state index is 0.325. The van der Waals surface area contributed by atoms with Gasteiger partial charge in [-0.15, -0.1) is 0 Å². The summed E-state index contributed by atoms with van der Waals surface area (Å²) in [5.41, 5.74) is 1.28. The first-order valence-corrected chi connectivity index (χ1v) is 8.63. The largest absolute Gasteiger partial charge is 0.468 e. The first kappa shape index (κ1) is 15.0. The Morgan fingerprint density at radius 3 is 2.96 bits per heavy atom. The lowest BCUT2D eigenvalue weighted by Crippen LogP contribution is -2.38. The van der Waals surface area contributed by atoms with E-state index in [0.717, 1.165) is 44.2 Å². The highest BCUT2D eigenvalue weighted by molar-refractivity contribution is 5.09. The molecule has 5 nitrogen and oxygen atoms in total. The van der Waals surface area contributed by atoms with Gasteiger partial charge in [-0.3, -0.25) is 9.58 Å². The van der Waals surface area contributed by atoms with Crippen LogP contribution in [0.2, 0.25) is 0 Å². The molecule has 2 aromatic heterocycles. The highest BCUT2D eigenvalue weighted by Gasteiger charge is 2.36. The molecule has 23 heavy (non-hydrogen) atoms. The third-order valence-corrected chi connectivity index (χ3v) is 4.98.